The standard InChI is InChI=1S/C9H11F.C9H12.C8H10FN/c1-7(2)8-3-5-9(10)6-4-8;1-8(2)9-6-4-3-5-7-9;1-6(2)7-4-3-5-8(9)10-7/h3-7H,1-2H3;3-8H,1-2H3;3-6H,1-2H3/i10-1;;9-1. The Kier molecular flexibility index (Phi) is 10.8. The molecule has 29 heavy (non-hydrogen) atoms. The Bertz CT molecular complexity index is 810. The van der Waals surface area contributed by atoms with E-state index in [2.05, 4.69) is 56.9 Å². The second-order valence-corrected chi connectivity index (χ2v) is 7.81. The summed E-state index contributed by atoms with van der Waals surface area (Å²) >= 11 is 0. The minimum absolute atomic E-state index is 0.163. The monoisotopic (exact) mass is 395 g/mol. The van der Waals surface area contributed by atoms with Crippen LogP contribution in [0.25, 0.3) is 0 Å². The predicted octanol–water partition coefficient (Wildman–Crippen LogP) is 8.10. The molecule has 0 atom stereocenters. The predicted molar refractivity (Wildman–Crippen MR) is 119 cm³/mol. The zero-order valence-electron chi connectivity index (χ0n) is 18.4. The number of nitrogens with zero attached hydrogens (tertiary/aromatic N) is 1. The quantitative estimate of drug-likeness (QED) is 0.408. The van der Waals surface area contributed by atoms with Gasteiger partial charge in [-0.15, -0.1) is 0 Å². The van der Waals surface area contributed by atoms with Gasteiger partial charge in [0.25, 0.3) is 0 Å². The Hall–Kier alpha value is -2.55. The van der Waals surface area contributed by atoms with Crippen LogP contribution in [0.2, 0.25) is 0 Å². The molecule has 1 aromatic heterocycles. The van der Waals surface area contributed by atoms with Crippen LogP contribution in [0.3, 0.4) is 0 Å². The fourth-order valence-electron chi connectivity index (χ4n) is 2.43. The Labute approximate surface area is 174 Å². The van der Waals surface area contributed by atoms with Crippen molar-refractivity contribution in [2.45, 2.75) is 59.3 Å². The van der Waals surface area contributed by atoms with Gasteiger partial charge >= 0.3 is 0 Å². The lowest BCUT2D eigenvalue weighted by Crippen LogP contribution is -1.93. The van der Waals surface area contributed by atoms with Crippen molar-refractivity contribution in [1.29, 1.82) is 0 Å². The van der Waals surface area contributed by atoms with Crippen LogP contribution in [0, 0.1) is 11.8 Å². The first-order chi connectivity index (χ1) is 13.7. The summed E-state index contributed by atoms with van der Waals surface area (Å²) in [6, 6.07) is 22.0. The van der Waals surface area contributed by atoms with Gasteiger partial charge in [-0.2, -0.15) is 4.39 Å². The van der Waals surface area contributed by atoms with Crippen LogP contribution in [-0.4, -0.2) is 4.98 Å². The minimum Gasteiger partial charge on any atom is -0.225 e. The third-order valence-electron chi connectivity index (χ3n) is 4.33. The summed E-state index contributed by atoms with van der Waals surface area (Å²) in [5, 5.41) is 0. The summed E-state index contributed by atoms with van der Waals surface area (Å²) in [7, 11) is 0. The van der Waals surface area contributed by atoms with E-state index < -0.39 is 5.95 Å². The Morgan fingerprint density at radius 1 is 0.552 bits per heavy atom. The maximum absolute atomic E-state index is 12.4. The summed E-state index contributed by atoms with van der Waals surface area (Å²) in [5.41, 5.74) is 3.40. The van der Waals surface area contributed by atoms with Gasteiger partial charge < -0.3 is 0 Å². The molecule has 0 fully saturated rings. The molecule has 0 amide bonds. The first kappa shape index (κ1) is 24.5. The first-order valence-electron chi connectivity index (χ1n) is 10.1. The lowest BCUT2D eigenvalue weighted by molar-refractivity contribution is 0.571. The molecule has 0 spiro atoms. The van der Waals surface area contributed by atoms with Crippen molar-refractivity contribution in [1.82, 2.24) is 4.98 Å². The SMILES string of the molecule is CC(C)c1ccc([18F])cc1.CC(C)c1cccc([18F])n1.CC(C)c1ccccc1. The highest BCUT2D eigenvalue weighted by atomic mass is 18.2. The van der Waals surface area contributed by atoms with Crippen LogP contribution < -0.4 is 0 Å². The van der Waals surface area contributed by atoms with Crippen LogP contribution >= 0.6 is 0 Å². The van der Waals surface area contributed by atoms with Gasteiger partial charge in [-0.25, -0.2) is 9.37 Å². The molecule has 3 rings (SSSR count). The van der Waals surface area contributed by atoms with E-state index >= 15 is 0 Å². The fourth-order valence-corrected chi connectivity index (χ4v) is 2.43. The first-order valence-corrected chi connectivity index (χ1v) is 10.1. The van der Waals surface area contributed by atoms with Gasteiger partial charge in [-0.3, -0.25) is 0 Å². The molecule has 3 heteroatoms. The van der Waals surface area contributed by atoms with Gasteiger partial charge in [0, 0.05) is 5.69 Å². The van der Waals surface area contributed by atoms with E-state index in [-0.39, 0.29) is 5.82 Å². The van der Waals surface area contributed by atoms with Crippen molar-refractivity contribution in [2.75, 3.05) is 0 Å². The third kappa shape index (κ3) is 9.98. The lowest BCUT2D eigenvalue weighted by atomic mass is 10.0. The molecule has 0 aliphatic rings. The van der Waals surface area contributed by atoms with E-state index in [1.54, 1.807) is 6.07 Å². The number of rotatable bonds is 3. The number of pyridine rings is 1. The van der Waals surface area contributed by atoms with Gasteiger partial charge in [0.05, 0.1) is 0 Å². The minimum atomic E-state index is -0.397. The molecule has 0 saturated heterocycles. The normalized spacial score (nSPS) is 10.3. The van der Waals surface area contributed by atoms with Crippen LogP contribution in [0.5, 0.6) is 0 Å². The van der Waals surface area contributed by atoms with Crippen molar-refractivity contribution in [2.24, 2.45) is 0 Å². The van der Waals surface area contributed by atoms with Gasteiger partial charge in [0.15, 0.2) is 0 Å². The topological polar surface area (TPSA) is 12.9 Å². The van der Waals surface area contributed by atoms with Crippen molar-refractivity contribution in [3.05, 3.63) is 101 Å². The highest BCUT2D eigenvalue weighted by Gasteiger charge is 2.00. The number of aromatic nitrogens is 1. The molecule has 2 aromatic carbocycles. The highest BCUT2D eigenvalue weighted by Crippen LogP contribution is 2.14. The average molecular weight is 396 g/mol. The zero-order chi connectivity index (χ0) is 21.8. The maximum atomic E-state index is 12.4. The average Bonchev–Trinajstić information content (AvgIpc) is 2.70. The third-order valence-corrected chi connectivity index (χ3v) is 4.33. The van der Waals surface area contributed by atoms with E-state index in [4.69, 9.17) is 0 Å². The number of benzene rings is 2. The summed E-state index contributed by atoms with van der Waals surface area (Å²) in [4.78, 5) is 3.71. The molecule has 0 bridgehead atoms. The molecule has 0 unspecified atom stereocenters. The molecular formula is C26H33F2N. The second kappa shape index (κ2) is 12.8. The molecule has 0 saturated carbocycles. The summed E-state index contributed by atoms with van der Waals surface area (Å²) in [6.45, 7) is 12.6. The smallest absolute Gasteiger partial charge is 0.213 e. The van der Waals surface area contributed by atoms with Crippen LogP contribution in [0.4, 0.5) is 8.78 Å². The number of hydrogen-bond acceptors (Lipinski definition) is 1. The van der Waals surface area contributed by atoms with Gasteiger partial charge in [0.1, 0.15) is 5.82 Å². The van der Waals surface area contributed by atoms with E-state index in [9.17, 15) is 8.78 Å². The molecule has 0 N–H and O–H groups in total. The van der Waals surface area contributed by atoms with Gasteiger partial charge in [-0.05, 0) is 53.1 Å². The van der Waals surface area contributed by atoms with Gasteiger partial charge in [-0.1, -0.05) is 90.1 Å². The number of hydrogen-bond donors (Lipinski definition) is 0. The van der Waals surface area contributed by atoms with E-state index in [0.29, 0.717) is 17.8 Å². The zero-order valence-corrected chi connectivity index (χ0v) is 18.4. The second-order valence-electron chi connectivity index (χ2n) is 7.81. The van der Waals surface area contributed by atoms with Crippen LogP contribution in [0.15, 0.2) is 72.8 Å². The van der Waals surface area contributed by atoms with Crippen LogP contribution in [-0.2, 0) is 0 Å². The van der Waals surface area contributed by atoms with Crippen molar-refractivity contribution >= 4 is 0 Å². The molecule has 1 nitrogen and oxygen atoms in total. The molecule has 156 valence electrons. The maximum Gasteiger partial charge on any atom is 0.213 e. The van der Waals surface area contributed by atoms with Crippen LogP contribution in [0.1, 0.15) is 76.1 Å². The fraction of sp³-hybridized carbons (Fsp3) is 0.346. The summed E-state index contributed by atoms with van der Waals surface area (Å²) < 4.78 is 24.8. The molecule has 1 heterocycles. The molecule has 0 aliphatic carbocycles. The Balaban J connectivity index is 0.000000218. The molecule has 0 aliphatic heterocycles. The van der Waals surface area contributed by atoms with Crippen molar-refractivity contribution in [3.63, 3.8) is 0 Å². The Morgan fingerprint density at radius 3 is 1.45 bits per heavy atom. The van der Waals surface area contributed by atoms with E-state index in [0.717, 1.165) is 5.69 Å². The summed E-state index contributed by atoms with van der Waals surface area (Å²) in [6.07, 6.45) is 0. The van der Waals surface area contributed by atoms with Gasteiger partial charge in [0.2, 0.25) is 5.95 Å². The Morgan fingerprint density at radius 2 is 1.07 bits per heavy atom. The highest BCUT2D eigenvalue weighted by molar-refractivity contribution is 5.19. The number of halogens is 2. The summed E-state index contributed by atoms with van der Waals surface area (Å²) in [5.74, 6) is 0.887. The van der Waals surface area contributed by atoms with Crippen molar-refractivity contribution < 1.29 is 8.78 Å². The molecular weight excluding hydrogens is 362 g/mol. The lowest BCUT2D eigenvalue weighted by Gasteiger charge is -2.02. The van der Waals surface area contributed by atoms with E-state index in [1.165, 1.54) is 29.3 Å². The molecule has 0 radical (unpaired) electrons. The van der Waals surface area contributed by atoms with E-state index in [1.807, 2.05) is 38.1 Å². The van der Waals surface area contributed by atoms with Crippen molar-refractivity contribution in [3.8, 4) is 0 Å². The molecule has 3 aromatic rings. The largest absolute Gasteiger partial charge is 0.225 e.